The summed E-state index contributed by atoms with van der Waals surface area (Å²) in [5, 5.41) is 0. The summed E-state index contributed by atoms with van der Waals surface area (Å²) < 4.78 is 5.13. The minimum absolute atomic E-state index is 0.0978. The highest BCUT2D eigenvalue weighted by Crippen LogP contribution is 2.20. The summed E-state index contributed by atoms with van der Waals surface area (Å²) in [4.78, 5) is 16.9. The van der Waals surface area contributed by atoms with Crippen molar-refractivity contribution in [2.75, 3.05) is 27.2 Å². The topological polar surface area (TPSA) is 32.8 Å². The van der Waals surface area contributed by atoms with Gasteiger partial charge in [-0.1, -0.05) is 0 Å². The van der Waals surface area contributed by atoms with Crippen LogP contribution in [0, 0.1) is 0 Å². The Balaban J connectivity index is 1.96. The molecule has 0 unspecified atom stereocenters. The van der Waals surface area contributed by atoms with Crippen LogP contribution in [0.1, 0.15) is 37.0 Å². The average Bonchev–Trinajstić information content (AvgIpc) is 2.53. The van der Waals surface area contributed by atoms with Gasteiger partial charge in [-0.15, -0.1) is 0 Å². The van der Waals surface area contributed by atoms with Crippen molar-refractivity contribution in [3.8, 4) is 5.75 Å². The summed E-state index contributed by atoms with van der Waals surface area (Å²) in [7, 11) is 3.55. The van der Waals surface area contributed by atoms with Gasteiger partial charge in [0, 0.05) is 37.8 Å². The van der Waals surface area contributed by atoms with E-state index in [2.05, 4.69) is 18.7 Å². The van der Waals surface area contributed by atoms with Crippen molar-refractivity contribution in [2.24, 2.45) is 0 Å². The van der Waals surface area contributed by atoms with E-state index in [1.165, 1.54) is 0 Å². The highest BCUT2D eigenvalue weighted by Gasteiger charge is 2.26. The molecular weight excluding hydrogens is 264 g/mol. The fraction of sp³-hybridized carbons (Fsp3) is 0.588. The number of hydrogen-bond acceptors (Lipinski definition) is 3. The summed E-state index contributed by atoms with van der Waals surface area (Å²) in [6, 6.07) is 8.27. The summed E-state index contributed by atoms with van der Waals surface area (Å²) in [5.41, 5.74) is 0.726. The van der Waals surface area contributed by atoms with Crippen molar-refractivity contribution in [3.63, 3.8) is 0 Å². The standard InChI is InChI=1S/C17H26N2O2/c1-13(2)19-11-9-15(10-12-19)18(3)17(20)14-5-7-16(21-4)8-6-14/h5-8,13,15H,9-12H2,1-4H3. The van der Waals surface area contributed by atoms with Crippen LogP contribution < -0.4 is 4.74 Å². The summed E-state index contributed by atoms with van der Waals surface area (Å²) in [6.45, 7) is 6.60. The van der Waals surface area contributed by atoms with Gasteiger partial charge in [-0.2, -0.15) is 0 Å². The van der Waals surface area contributed by atoms with Crippen LogP contribution >= 0.6 is 0 Å². The number of carbonyl (C=O) groups excluding carboxylic acids is 1. The number of piperidine rings is 1. The van der Waals surface area contributed by atoms with Crippen molar-refractivity contribution >= 4 is 5.91 Å². The Bertz CT molecular complexity index is 462. The Labute approximate surface area is 127 Å². The van der Waals surface area contributed by atoms with Gasteiger partial charge in [-0.05, 0) is 51.0 Å². The van der Waals surface area contributed by atoms with Gasteiger partial charge < -0.3 is 14.5 Å². The molecule has 4 nitrogen and oxygen atoms in total. The molecule has 1 heterocycles. The second-order valence-electron chi connectivity index (χ2n) is 6.01. The van der Waals surface area contributed by atoms with Crippen LogP contribution in [0.3, 0.4) is 0 Å². The largest absolute Gasteiger partial charge is 0.497 e. The third kappa shape index (κ3) is 3.76. The molecule has 116 valence electrons. The molecule has 1 amide bonds. The van der Waals surface area contributed by atoms with E-state index in [1.807, 2.05) is 36.2 Å². The molecular formula is C17H26N2O2. The van der Waals surface area contributed by atoms with Crippen LogP contribution in [0.4, 0.5) is 0 Å². The van der Waals surface area contributed by atoms with Gasteiger partial charge in [-0.3, -0.25) is 4.79 Å². The highest BCUT2D eigenvalue weighted by molar-refractivity contribution is 5.94. The van der Waals surface area contributed by atoms with E-state index in [4.69, 9.17) is 4.74 Å². The van der Waals surface area contributed by atoms with Crippen LogP contribution in [-0.2, 0) is 0 Å². The number of hydrogen-bond donors (Lipinski definition) is 0. The first-order valence-electron chi connectivity index (χ1n) is 7.68. The molecule has 0 bridgehead atoms. The lowest BCUT2D eigenvalue weighted by Crippen LogP contribution is -2.47. The predicted octanol–water partition coefficient (Wildman–Crippen LogP) is 2.64. The smallest absolute Gasteiger partial charge is 0.253 e. The lowest BCUT2D eigenvalue weighted by molar-refractivity contribution is 0.0615. The van der Waals surface area contributed by atoms with E-state index < -0.39 is 0 Å². The van der Waals surface area contributed by atoms with Gasteiger partial charge in [0.2, 0.25) is 0 Å². The second-order valence-corrected chi connectivity index (χ2v) is 6.01. The number of amides is 1. The molecule has 0 saturated carbocycles. The van der Waals surface area contributed by atoms with Crippen LogP contribution in [-0.4, -0.2) is 55.0 Å². The fourth-order valence-electron chi connectivity index (χ4n) is 2.89. The number of carbonyl (C=O) groups is 1. The number of methoxy groups -OCH3 is 1. The van der Waals surface area contributed by atoms with Crippen molar-refractivity contribution in [1.82, 2.24) is 9.80 Å². The molecule has 1 aromatic carbocycles. The Morgan fingerprint density at radius 2 is 1.81 bits per heavy atom. The van der Waals surface area contributed by atoms with Gasteiger partial charge in [-0.25, -0.2) is 0 Å². The van der Waals surface area contributed by atoms with Gasteiger partial charge >= 0.3 is 0 Å². The van der Waals surface area contributed by atoms with Crippen LogP contribution in [0.5, 0.6) is 5.75 Å². The molecule has 0 spiro atoms. The zero-order valence-corrected chi connectivity index (χ0v) is 13.5. The Morgan fingerprint density at radius 3 is 2.29 bits per heavy atom. The monoisotopic (exact) mass is 290 g/mol. The van der Waals surface area contributed by atoms with E-state index in [-0.39, 0.29) is 5.91 Å². The number of likely N-dealkylation sites (tertiary alicyclic amines) is 1. The van der Waals surface area contributed by atoms with E-state index in [0.717, 1.165) is 37.2 Å². The molecule has 1 aliphatic heterocycles. The highest BCUT2D eigenvalue weighted by atomic mass is 16.5. The van der Waals surface area contributed by atoms with Crippen molar-refractivity contribution < 1.29 is 9.53 Å². The van der Waals surface area contributed by atoms with E-state index in [1.54, 1.807) is 7.11 Å². The van der Waals surface area contributed by atoms with Crippen molar-refractivity contribution in [1.29, 1.82) is 0 Å². The second kappa shape index (κ2) is 6.94. The molecule has 0 atom stereocenters. The summed E-state index contributed by atoms with van der Waals surface area (Å²) in [6.07, 6.45) is 2.10. The first-order valence-corrected chi connectivity index (χ1v) is 7.68. The number of rotatable bonds is 4. The SMILES string of the molecule is COc1ccc(C(=O)N(C)C2CCN(C(C)C)CC2)cc1. The van der Waals surface area contributed by atoms with Gasteiger partial charge in [0.1, 0.15) is 5.75 Å². The molecule has 1 aliphatic rings. The molecule has 1 fully saturated rings. The zero-order valence-electron chi connectivity index (χ0n) is 13.5. The molecule has 0 aliphatic carbocycles. The number of ether oxygens (including phenoxy) is 1. The normalized spacial score (nSPS) is 17.0. The minimum atomic E-state index is 0.0978. The Hall–Kier alpha value is -1.55. The Morgan fingerprint density at radius 1 is 1.24 bits per heavy atom. The maximum atomic E-state index is 12.5. The van der Waals surface area contributed by atoms with Gasteiger partial charge in [0.25, 0.3) is 5.91 Å². The first kappa shape index (κ1) is 15.8. The maximum absolute atomic E-state index is 12.5. The third-order valence-corrected chi connectivity index (χ3v) is 4.43. The summed E-state index contributed by atoms with van der Waals surface area (Å²) in [5.74, 6) is 0.875. The lowest BCUT2D eigenvalue weighted by Gasteiger charge is -2.38. The number of nitrogens with zero attached hydrogens (tertiary/aromatic N) is 2. The van der Waals surface area contributed by atoms with Gasteiger partial charge in [0.15, 0.2) is 0 Å². The van der Waals surface area contributed by atoms with Crippen molar-refractivity contribution in [2.45, 2.75) is 38.8 Å². The quantitative estimate of drug-likeness (QED) is 0.854. The lowest BCUT2D eigenvalue weighted by atomic mass is 10.0. The van der Waals surface area contributed by atoms with E-state index in [0.29, 0.717) is 12.1 Å². The van der Waals surface area contributed by atoms with Crippen molar-refractivity contribution in [3.05, 3.63) is 29.8 Å². The third-order valence-electron chi connectivity index (χ3n) is 4.43. The maximum Gasteiger partial charge on any atom is 0.253 e. The average molecular weight is 290 g/mol. The van der Waals surface area contributed by atoms with Crippen LogP contribution in [0.25, 0.3) is 0 Å². The predicted molar refractivity (Wildman–Crippen MR) is 84.8 cm³/mol. The molecule has 21 heavy (non-hydrogen) atoms. The molecule has 1 saturated heterocycles. The van der Waals surface area contributed by atoms with Crippen LogP contribution in [0.2, 0.25) is 0 Å². The fourth-order valence-corrected chi connectivity index (χ4v) is 2.89. The molecule has 4 heteroatoms. The molecule has 0 radical (unpaired) electrons. The first-order chi connectivity index (χ1) is 10.0. The van der Waals surface area contributed by atoms with E-state index in [9.17, 15) is 4.79 Å². The molecule has 2 rings (SSSR count). The minimum Gasteiger partial charge on any atom is -0.497 e. The van der Waals surface area contributed by atoms with Gasteiger partial charge in [0.05, 0.1) is 7.11 Å². The van der Waals surface area contributed by atoms with E-state index >= 15 is 0 Å². The molecule has 0 N–H and O–H groups in total. The zero-order chi connectivity index (χ0) is 15.4. The number of benzene rings is 1. The molecule has 0 aromatic heterocycles. The Kier molecular flexibility index (Phi) is 5.23. The summed E-state index contributed by atoms with van der Waals surface area (Å²) >= 11 is 0. The molecule has 1 aromatic rings. The van der Waals surface area contributed by atoms with Crippen LogP contribution in [0.15, 0.2) is 24.3 Å².